The summed E-state index contributed by atoms with van der Waals surface area (Å²) in [6.07, 6.45) is 1.60. The van der Waals surface area contributed by atoms with Gasteiger partial charge in [-0.3, -0.25) is 9.52 Å². The lowest BCUT2D eigenvalue weighted by Crippen LogP contribution is -2.13. The number of anilines is 2. The number of thiazole rings is 1. The van der Waals surface area contributed by atoms with Crippen molar-refractivity contribution in [3.8, 4) is 17.2 Å². The number of carbonyl (C=O) groups is 1. The van der Waals surface area contributed by atoms with Gasteiger partial charge in [0.15, 0.2) is 5.13 Å². The van der Waals surface area contributed by atoms with E-state index in [0.29, 0.717) is 22.1 Å². The summed E-state index contributed by atoms with van der Waals surface area (Å²) >= 11 is 2.43. The zero-order valence-electron chi connectivity index (χ0n) is 17.1. The minimum absolute atomic E-state index is 0.0906. The predicted molar refractivity (Wildman–Crippen MR) is 125 cm³/mol. The molecule has 0 saturated carbocycles. The molecule has 0 saturated heterocycles. The summed E-state index contributed by atoms with van der Waals surface area (Å²) in [4.78, 5) is 16.0. The standard InChI is InChI=1S/C20H17N5O5S3/c1-29-15-6-8-16(9-7-15)33(27,28)25-14-4-2-13(3-5-14)18-23-24-20(30-18)32-12-17(26)22-19-21-10-11-31-19/h2-11,25H,12H2,1H3,(H,21,22,26). The maximum absolute atomic E-state index is 12.6. The molecule has 0 aliphatic rings. The molecule has 0 radical (unpaired) electrons. The van der Waals surface area contributed by atoms with Crippen LogP contribution in [0.2, 0.25) is 0 Å². The largest absolute Gasteiger partial charge is 0.497 e. The molecule has 0 spiro atoms. The van der Waals surface area contributed by atoms with E-state index in [1.807, 2.05) is 0 Å². The molecule has 2 aromatic carbocycles. The van der Waals surface area contributed by atoms with Crippen molar-refractivity contribution in [2.75, 3.05) is 22.9 Å². The third-order valence-electron chi connectivity index (χ3n) is 4.17. The van der Waals surface area contributed by atoms with Gasteiger partial charge in [-0.15, -0.1) is 21.5 Å². The Morgan fingerprint density at radius 3 is 2.55 bits per heavy atom. The molecule has 0 unspecified atom stereocenters. The smallest absolute Gasteiger partial charge is 0.277 e. The van der Waals surface area contributed by atoms with Crippen molar-refractivity contribution in [1.82, 2.24) is 15.2 Å². The average Bonchev–Trinajstić information content (AvgIpc) is 3.50. The van der Waals surface area contributed by atoms with Crippen LogP contribution in [0.1, 0.15) is 0 Å². The normalized spacial score (nSPS) is 11.2. The summed E-state index contributed by atoms with van der Waals surface area (Å²) in [6, 6.07) is 12.6. The topological polar surface area (TPSA) is 136 Å². The molecule has 10 nitrogen and oxygen atoms in total. The molecule has 2 aromatic heterocycles. The van der Waals surface area contributed by atoms with Gasteiger partial charge in [0, 0.05) is 22.8 Å². The quantitative estimate of drug-likeness (QED) is 0.327. The van der Waals surface area contributed by atoms with Crippen LogP contribution in [0.15, 0.2) is 74.6 Å². The molecule has 2 heterocycles. The van der Waals surface area contributed by atoms with Crippen molar-refractivity contribution in [2.45, 2.75) is 10.1 Å². The minimum atomic E-state index is -3.75. The molecular formula is C20H17N5O5S3. The molecule has 33 heavy (non-hydrogen) atoms. The zero-order valence-corrected chi connectivity index (χ0v) is 19.5. The Hall–Kier alpha value is -3.42. The Morgan fingerprint density at radius 1 is 1.12 bits per heavy atom. The van der Waals surface area contributed by atoms with Crippen LogP contribution in [0.25, 0.3) is 11.5 Å². The van der Waals surface area contributed by atoms with Gasteiger partial charge < -0.3 is 14.5 Å². The number of benzene rings is 2. The van der Waals surface area contributed by atoms with Crippen molar-refractivity contribution in [3.05, 3.63) is 60.1 Å². The molecule has 0 fully saturated rings. The minimum Gasteiger partial charge on any atom is -0.497 e. The molecule has 0 bridgehead atoms. The van der Waals surface area contributed by atoms with Crippen LogP contribution in [-0.2, 0) is 14.8 Å². The van der Waals surface area contributed by atoms with Gasteiger partial charge in [-0.05, 0) is 48.5 Å². The Bertz CT molecular complexity index is 1320. The van der Waals surface area contributed by atoms with E-state index in [-0.39, 0.29) is 27.7 Å². The first kappa shape index (κ1) is 22.8. The Labute approximate surface area is 197 Å². The fraction of sp³-hybridized carbons (Fsp3) is 0.100. The molecule has 170 valence electrons. The lowest BCUT2D eigenvalue weighted by atomic mass is 10.2. The fourth-order valence-electron chi connectivity index (χ4n) is 2.60. The van der Waals surface area contributed by atoms with E-state index in [9.17, 15) is 13.2 Å². The number of aromatic nitrogens is 3. The number of hydrogen-bond donors (Lipinski definition) is 2. The van der Waals surface area contributed by atoms with Gasteiger partial charge in [0.1, 0.15) is 5.75 Å². The monoisotopic (exact) mass is 503 g/mol. The van der Waals surface area contributed by atoms with Gasteiger partial charge in [-0.2, -0.15) is 0 Å². The number of rotatable bonds is 9. The number of thioether (sulfide) groups is 1. The van der Waals surface area contributed by atoms with Gasteiger partial charge in [0.2, 0.25) is 11.8 Å². The predicted octanol–water partition coefficient (Wildman–Crippen LogP) is 3.73. The van der Waals surface area contributed by atoms with Crippen LogP contribution in [0.4, 0.5) is 10.8 Å². The first-order chi connectivity index (χ1) is 15.9. The molecule has 0 atom stereocenters. The van der Waals surface area contributed by atoms with Crippen LogP contribution < -0.4 is 14.8 Å². The number of amides is 1. The molecule has 0 aliphatic carbocycles. The second kappa shape index (κ2) is 10.0. The number of methoxy groups -OCH3 is 1. The summed E-state index contributed by atoms with van der Waals surface area (Å²) in [5.74, 6) is 0.675. The van der Waals surface area contributed by atoms with Crippen LogP contribution in [0.3, 0.4) is 0 Å². The van der Waals surface area contributed by atoms with E-state index in [1.165, 1.54) is 30.6 Å². The summed E-state index contributed by atoms with van der Waals surface area (Å²) in [5.41, 5.74) is 0.983. The van der Waals surface area contributed by atoms with E-state index >= 15 is 0 Å². The summed E-state index contributed by atoms with van der Waals surface area (Å²) in [5, 5.41) is 13.1. The zero-order chi connectivity index (χ0) is 23.3. The molecule has 1 amide bonds. The van der Waals surface area contributed by atoms with Crippen molar-refractivity contribution >= 4 is 49.8 Å². The SMILES string of the molecule is COc1ccc(S(=O)(=O)Nc2ccc(-c3nnc(SCC(=O)Nc4nccs4)o3)cc2)cc1. The van der Waals surface area contributed by atoms with Gasteiger partial charge in [0.05, 0.1) is 17.8 Å². The van der Waals surface area contributed by atoms with Gasteiger partial charge >= 0.3 is 0 Å². The fourth-order valence-corrected chi connectivity index (χ4v) is 4.77. The summed E-state index contributed by atoms with van der Waals surface area (Å²) < 4.78 is 38.3. The number of nitrogens with one attached hydrogen (secondary N) is 2. The van der Waals surface area contributed by atoms with Gasteiger partial charge in [0.25, 0.3) is 15.2 Å². The van der Waals surface area contributed by atoms with Crippen LogP contribution in [0.5, 0.6) is 5.75 Å². The highest BCUT2D eigenvalue weighted by atomic mass is 32.2. The molecule has 4 aromatic rings. The highest BCUT2D eigenvalue weighted by Crippen LogP contribution is 2.26. The van der Waals surface area contributed by atoms with Crippen molar-refractivity contribution < 1.29 is 22.4 Å². The van der Waals surface area contributed by atoms with Crippen molar-refractivity contribution in [3.63, 3.8) is 0 Å². The Morgan fingerprint density at radius 2 is 1.88 bits per heavy atom. The van der Waals surface area contributed by atoms with E-state index in [2.05, 4.69) is 25.2 Å². The molecule has 2 N–H and O–H groups in total. The second-order valence-electron chi connectivity index (χ2n) is 6.41. The van der Waals surface area contributed by atoms with Crippen LogP contribution in [0, 0.1) is 0 Å². The van der Waals surface area contributed by atoms with E-state index in [4.69, 9.17) is 9.15 Å². The van der Waals surface area contributed by atoms with E-state index < -0.39 is 10.0 Å². The molecule has 13 heteroatoms. The number of nitrogens with zero attached hydrogens (tertiary/aromatic N) is 3. The number of sulfonamides is 1. The maximum Gasteiger partial charge on any atom is 0.277 e. The number of carbonyl (C=O) groups excluding carboxylic acids is 1. The van der Waals surface area contributed by atoms with Gasteiger partial charge in [-0.1, -0.05) is 11.8 Å². The van der Waals surface area contributed by atoms with Crippen molar-refractivity contribution in [1.29, 1.82) is 0 Å². The Balaban J connectivity index is 1.36. The summed E-state index contributed by atoms with van der Waals surface area (Å²) in [6.45, 7) is 0. The highest BCUT2D eigenvalue weighted by Gasteiger charge is 2.15. The van der Waals surface area contributed by atoms with E-state index in [1.54, 1.807) is 48.0 Å². The first-order valence-electron chi connectivity index (χ1n) is 9.36. The second-order valence-corrected chi connectivity index (χ2v) is 9.91. The van der Waals surface area contributed by atoms with E-state index in [0.717, 1.165) is 11.8 Å². The number of hydrogen-bond acceptors (Lipinski definition) is 10. The lowest BCUT2D eigenvalue weighted by Gasteiger charge is -2.09. The van der Waals surface area contributed by atoms with Gasteiger partial charge in [-0.25, -0.2) is 13.4 Å². The number of ether oxygens (including phenoxy) is 1. The highest BCUT2D eigenvalue weighted by molar-refractivity contribution is 7.99. The van der Waals surface area contributed by atoms with Crippen LogP contribution >= 0.6 is 23.1 Å². The lowest BCUT2D eigenvalue weighted by molar-refractivity contribution is -0.113. The van der Waals surface area contributed by atoms with Crippen molar-refractivity contribution in [2.24, 2.45) is 0 Å². The molecular weight excluding hydrogens is 486 g/mol. The Kier molecular flexibility index (Phi) is 6.91. The average molecular weight is 504 g/mol. The summed E-state index contributed by atoms with van der Waals surface area (Å²) in [7, 11) is -2.24. The van der Waals surface area contributed by atoms with Crippen LogP contribution in [-0.4, -0.2) is 42.4 Å². The maximum atomic E-state index is 12.6. The third-order valence-corrected chi connectivity index (χ3v) is 7.07. The first-order valence-corrected chi connectivity index (χ1v) is 12.7. The molecule has 0 aliphatic heterocycles. The third kappa shape index (κ3) is 5.88. The molecule has 4 rings (SSSR count).